The van der Waals surface area contributed by atoms with Gasteiger partial charge >= 0.3 is 12.0 Å². The Kier molecular flexibility index (Phi) is 9.04. The Morgan fingerprint density at radius 3 is 2.49 bits per heavy atom. The fourth-order valence-electron chi connectivity index (χ4n) is 3.54. The molecule has 1 unspecified atom stereocenters. The van der Waals surface area contributed by atoms with E-state index in [0.29, 0.717) is 46.7 Å². The molecule has 1 heterocycles. The molecule has 3 N–H and O–H groups in total. The van der Waals surface area contributed by atoms with Gasteiger partial charge in [-0.2, -0.15) is 0 Å². The predicted octanol–water partition coefficient (Wildman–Crippen LogP) is 4.05. The Balaban J connectivity index is 1.74. The van der Waals surface area contributed by atoms with E-state index in [1.165, 1.54) is 0 Å². The first-order chi connectivity index (χ1) is 16.8. The summed E-state index contributed by atoms with van der Waals surface area (Å²) in [4.78, 5) is 27.1. The largest absolute Gasteiger partial charge is 0.492 e. The van der Waals surface area contributed by atoms with E-state index in [0.717, 1.165) is 5.56 Å². The van der Waals surface area contributed by atoms with E-state index >= 15 is 0 Å². The predicted molar refractivity (Wildman–Crippen MR) is 138 cm³/mol. The number of benzene rings is 2. The van der Waals surface area contributed by atoms with Gasteiger partial charge in [-0.3, -0.25) is 0 Å². The molecule has 2 amide bonds. The van der Waals surface area contributed by atoms with Gasteiger partial charge in [0.2, 0.25) is 0 Å². The summed E-state index contributed by atoms with van der Waals surface area (Å²) in [5.74, 6) is 0.151. The molecular weight excluding hydrogens is 468 g/mol. The third-order valence-corrected chi connectivity index (χ3v) is 5.82. The first-order valence-electron chi connectivity index (χ1n) is 11.2. The molecule has 2 aromatic carbocycles. The second-order valence-electron chi connectivity index (χ2n) is 7.70. The highest BCUT2D eigenvalue weighted by Gasteiger charge is 2.33. The average molecular weight is 499 g/mol. The summed E-state index contributed by atoms with van der Waals surface area (Å²) in [6, 6.07) is 13.5. The Bertz CT molecular complexity index is 1100. The lowest BCUT2D eigenvalue weighted by molar-refractivity contribution is -0.140. The van der Waals surface area contributed by atoms with Crippen molar-refractivity contribution >= 4 is 40.7 Å². The van der Waals surface area contributed by atoms with Crippen LogP contribution in [0.2, 0.25) is 0 Å². The van der Waals surface area contributed by atoms with Crippen LogP contribution in [0.15, 0.2) is 59.8 Å². The number of carbonyl (C=O) groups is 2. The topological polar surface area (TPSA) is 101 Å². The monoisotopic (exact) mass is 498 g/mol. The maximum absolute atomic E-state index is 12.9. The summed E-state index contributed by atoms with van der Waals surface area (Å²) >= 11 is 5.44. The Morgan fingerprint density at radius 1 is 1.09 bits per heavy atom. The summed E-state index contributed by atoms with van der Waals surface area (Å²) in [5, 5.41) is 9.30. The third-order valence-electron chi connectivity index (χ3n) is 5.43. The minimum Gasteiger partial charge on any atom is -0.492 e. The molecule has 3 rings (SSSR count). The highest BCUT2D eigenvalue weighted by atomic mass is 32.1. The van der Waals surface area contributed by atoms with Crippen molar-refractivity contribution in [3.63, 3.8) is 0 Å². The summed E-state index contributed by atoms with van der Waals surface area (Å²) in [5.41, 5.74) is 3.12. The summed E-state index contributed by atoms with van der Waals surface area (Å²) < 4.78 is 15.9. The molecule has 0 aromatic heterocycles. The zero-order chi connectivity index (χ0) is 25.4. The number of carbonyl (C=O) groups excluding carboxylic acids is 2. The lowest BCUT2D eigenvalue weighted by Gasteiger charge is -2.35. The van der Waals surface area contributed by atoms with E-state index in [1.807, 2.05) is 38.1 Å². The van der Waals surface area contributed by atoms with Crippen molar-refractivity contribution in [1.82, 2.24) is 10.2 Å². The van der Waals surface area contributed by atoms with Gasteiger partial charge in [0.05, 0.1) is 30.5 Å². The smallest absolute Gasteiger partial charge is 0.338 e. The number of anilines is 2. The number of nitrogens with zero attached hydrogens (tertiary/aromatic N) is 1. The van der Waals surface area contributed by atoms with Crippen LogP contribution in [-0.4, -0.2) is 56.0 Å². The number of esters is 1. The molecule has 0 radical (unpaired) electrons. The molecule has 0 fully saturated rings. The zero-order valence-corrected chi connectivity index (χ0v) is 21.0. The standard InChI is InChI=1S/C25H30N4O5S/c1-5-33-20-9-7-6-8-19(20)27-24(31)26-18-12-10-17(11-13-18)22-21(23(30)34-15-14-32-4)16(2)29(3)25(35)28-22/h6-13,22H,5,14-15H2,1-4H3,(H,28,35)(H2,26,27,31). The molecule has 1 atom stereocenters. The average Bonchev–Trinajstić information content (AvgIpc) is 2.84. The molecule has 1 aliphatic heterocycles. The summed E-state index contributed by atoms with van der Waals surface area (Å²) in [6.07, 6.45) is 0. The molecule has 0 bridgehead atoms. The van der Waals surface area contributed by atoms with Crippen LogP contribution in [-0.2, 0) is 14.3 Å². The lowest BCUT2D eigenvalue weighted by atomic mass is 9.95. The first-order valence-corrected chi connectivity index (χ1v) is 11.6. The van der Waals surface area contributed by atoms with Crippen LogP contribution in [0.1, 0.15) is 25.5 Å². The van der Waals surface area contributed by atoms with Crippen molar-refractivity contribution in [2.75, 3.05) is 44.6 Å². The van der Waals surface area contributed by atoms with Gasteiger partial charge in [-0.25, -0.2) is 9.59 Å². The molecule has 10 heteroatoms. The van der Waals surface area contributed by atoms with Crippen molar-refractivity contribution in [3.8, 4) is 5.75 Å². The third kappa shape index (κ3) is 6.49. The van der Waals surface area contributed by atoms with Crippen LogP contribution in [0.5, 0.6) is 5.75 Å². The highest BCUT2D eigenvalue weighted by molar-refractivity contribution is 7.80. The number of thiocarbonyl (C=S) groups is 1. The summed E-state index contributed by atoms with van der Waals surface area (Å²) in [6.45, 7) is 4.66. The molecular formula is C25H30N4O5S. The van der Waals surface area contributed by atoms with Crippen LogP contribution in [0.3, 0.4) is 0 Å². The van der Waals surface area contributed by atoms with Gasteiger partial charge in [0.25, 0.3) is 0 Å². The molecule has 1 aliphatic rings. The van der Waals surface area contributed by atoms with Crippen LogP contribution in [0, 0.1) is 0 Å². The van der Waals surface area contributed by atoms with Crippen LogP contribution in [0.25, 0.3) is 0 Å². The molecule has 9 nitrogen and oxygen atoms in total. The minimum atomic E-state index is -0.491. The number of ether oxygens (including phenoxy) is 3. The molecule has 0 spiro atoms. The Labute approximate surface area is 210 Å². The Hall–Kier alpha value is -3.63. The van der Waals surface area contributed by atoms with E-state index in [2.05, 4.69) is 16.0 Å². The first kappa shape index (κ1) is 26.0. The van der Waals surface area contributed by atoms with Gasteiger partial charge in [-0.1, -0.05) is 24.3 Å². The molecule has 0 saturated heterocycles. The van der Waals surface area contributed by atoms with Crippen LogP contribution < -0.4 is 20.7 Å². The number of rotatable bonds is 9. The van der Waals surface area contributed by atoms with E-state index in [-0.39, 0.29) is 6.61 Å². The maximum Gasteiger partial charge on any atom is 0.338 e. The van der Waals surface area contributed by atoms with Crippen molar-refractivity contribution in [2.45, 2.75) is 19.9 Å². The number of allylic oxidation sites excluding steroid dienone is 1. The van der Waals surface area contributed by atoms with Crippen molar-refractivity contribution in [3.05, 3.63) is 65.4 Å². The van der Waals surface area contributed by atoms with Crippen LogP contribution >= 0.6 is 12.2 Å². The van der Waals surface area contributed by atoms with E-state index in [9.17, 15) is 9.59 Å². The second-order valence-corrected chi connectivity index (χ2v) is 8.09. The zero-order valence-electron chi connectivity index (χ0n) is 20.2. The van der Waals surface area contributed by atoms with Crippen LogP contribution in [0.4, 0.5) is 16.2 Å². The second kappa shape index (κ2) is 12.2. The molecule has 35 heavy (non-hydrogen) atoms. The normalized spacial score (nSPS) is 15.4. The van der Waals surface area contributed by atoms with Crippen molar-refractivity contribution < 1.29 is 23.8 Å². The van der Waals surface area contributed by atoms with Gasteiger partial charge in [0.1, 0.15) is 12.4 Å². The fraction of sp³-hybridized carbons (Fsp3) is 0.320. The van der Waals surface area contributed by atoms with Gasteiger partial charge in [0.15, 0.2) is 5.11 Å². The van der Waals surface area contributed by atoms with E-state index in [1.54, 1.807) is 43.3 Å². The number of para-hydroxylation sites is 2. The number of urea groups is 1. The summed E-state index contributed by atoms with van der Waals surface area (Å²) in [7, 11) is 3.34. The van der Waals surface area contributed by atoms with Gasteiger partial charge in [0, 0.05) is 25.5 Å². The van der Waals surface area contributed by atoms with E-state index < -0.39 is 18.0 Å². The molecule has 186 valence electrons. The molecule has 0 aliphatic carbocycles. The number of nitrogens with one attached hydrogen (secondary N) is 3. The maximum atomic E-state index is 12.9. The number of hydrogen-bond acceptors (Lipinski definition) is 6. The minimum absolute atomic E-state index is 0.150. The highest BCUT2D eigenvalue weighted by Crippen LogP contribution is 2.31. The SMILES string of the molecule is CCOc1ccccc1NC(=O)Nc1ccc(C2NC(=S)N(C)C(C)=C2C(=O)OCCOC)cc1. The van der Waals surface area contributed by atoms with Gasteiger partial charge < -0.3 is 35.1 Å². The molecule has 0 saturated carbocycles. The van der Waals surface area contributed by atoms with E-state index in [4.69, 9.17) is 26.4 Å². The molecule has 2 aromatic rings. The quantitative estimate of drug-likeness (QED) is 0.270. The number of amides is 2. The Morgan fingerprint density at radius 2 is 1.80 bits per heavy atom. The fourth-order valence-corrected chi connectivity index (χ4v) is 3.79. The number of hydrogen-bond donors (Lipinski definition) is 3. The number of methoxy groups -OCH3 is 1. The van der Waals surface area contributed by atoms with Gasteiger partial charge in [-0.05, 0) is 55.9 Å². The van der Waals surface area contributed by atoms with Crippen molar-refractivity contribution in [1.29, 1.82) is 0 Å². The lowest BCUT2D eigenvalue weighted by Crippen LogP contribution is -2.46. The van der Waals surface area contributed by atoms with Crippen molar-refractivity contribution in [2.24, 2.45) is 0 Å². The van der Waals surface area contributed by atoms with Gasteiger partial charge in [-0.15, -0.1) is 0 Å².